The van der Waals surface area contributed by atoms with Gasteiger partial charge in [-0.3, -0.25) is 0 Å². The van der Waals surface area contributed by atoms with Crippen molar-refractivity contribution >= 4 is 0 Å². The molecule has 0 aromatic heterocycles. The van der Waals surface area contributed by atoms with E-state index in [0.29, 0.717) is 0 Å². The van der Waals surface area contributed by atoms with E-state index >= 15 is 0 Å². The van der Waals surface area contributed by atoms with E-state index in [1.165, 1.54) is 38.6 Å². The van der Waals surface area contributed by atoms with Crippen molar-refractivity contribution in [3.8, 4) is 0 Å². The number of nitrogens with one attached hydrogen (secondary N) is 1. The molecular formula is C14H29N. The highest BCUT2D eigenvalue weighted by Crippen LogP contribution is 2.26. The Bertz CT molecular complexity index is 159. The minimum Gasteiger partial charge on any atom is -0.314 e. The summed E-state index contributed by atoms with van der Waals surface area (Å²) in [6, 6.07) is 0.728. The van der Waals surface area contributed by atoms with E-state index in [1.54, 1.807) is 0 Å². The first-order valence-electron chi connectivity index (χ1n) is 6.84. The summed E-state index contributed by atoms with van der Waals surface area (Å²) >= 11 is 0. The zero-order valence-electron chi connectivity index (χ0n) is 11.1. The standard InChI is InChI=1S/C14H29N/c1-11(2)12(3)10-15-13(4)14-8-6-5-7-9-14/h11-15H,5-10H2,1-4H3. The van der Waals surface area contributed by atoms with Crippen LogP contribution >= 0.6 is 0 Å². The molecule has 0 saturated heterocycles. The van der Waals surface area contributed by atoms with Gasteiger partial charge >= 0.3 is 0 Å². The van der Waals surface area contributed by atoms with Gasteiger partial charge in [0.1, 0.15) is 0 Å². The molecule has 1 saturated carbocycles. The van der Waals surface area contributed by atoms with Gasteiger partial charge in [0.15, 0.2) is 0 Å². The van der Waals surface area contributed by atoms with Crippen molar-refractivity contribution in [2.75, 3.05) is 6.54 Å². The largest absolute Gasteiger partial charge is 0.314 e. The van der Waals surface area contributed by atoms with Crippen LogP contribution < -0.4 is 5.32 Å². The molecule has 90 valence electrons. The summed E-state index contributed by atoms with van der Waals surface area (Å²) in [5.41, 5.74) is 0. The Labute approximate surface area is 96.0 Å². The van der Waals surface area contributed by atoms with Crippen molar-refractivity contribution in [3.63, 3.8) is 0 Å². The highest BCUT2D eigenvalue weighted by atomic mass is 14.9. The summed E-state index contributed by atoms with van der Waals surface area (Å²) in [5.74, 6) is 2.55. The summed E-state index contributed by atoms with van der Waals surface area (Å²) in [6.45, 7) is 10.6. The predicted octanol–water partition coefficient (Wildman–Crippen LogP) is 3.84. The van der Waals surface area contributed by atoms with E-state index in [1.807, 2.05) is 0 Å². The van der Waals surface area contributed by atoms with Crippen molar-refractivity contribution in [1.29, 1.82) is 0 Å². The van der Waals surface area contributed by atoms with Crippen LogP contribution in [0.25, 0.3) is 0 Å². The third-order valence-corrected chi connectivity index (χ3v) is 4.26. The Balaban J connectivity index is 2.19. The lowest BCUT2D eigenvalue weighted by Gasteiger charge is -2.30. The van der Waals surface area contributed by atoms with Gasteiger partial charge in [0.25, 0.3) is 0 Å². The fourth-order valence-corrected chi connectivity index (χ4v) is 2.41. The van der Waals surface area contributed by atoms with Gasteiger partial charge in [0.2, 0.25) is 0 Å². The molecule has 0 heterocycles. The first-order valence-corrected chi connectivity index (χ1v) is 6.84. The van der Waals surface area contributed by atoms with Gasteiger partial charge in [0, 0.05) is 6.04 Å². The summed E-state index contributed by atoms with van der Waals surface area (Å²) in [4.78, 5) is 0. The number of hydrogen-bond donors (Lipinski definition) is 1. The molecule has 0 spiro atoms. The maximum absolute atomic E-state index is 3.73. The van der Waals surface area contributed by atoms with Gasteiger partial charge in [-0.25, -0.2) is 0 Å². The fourth-order valence-electron chi connectivity index (χ4n) is 2.41. The van der Waals surface area contributed by atoms with Crippen molar-refractivity contribution in [1.82, 2.24) is 5.32 Å². The zero-order valence-corrected chi connectivity index (χ0v) is 11.1. The van der Waals surface area contributed by atoms with Crippen LogP contribution in [-0.2, 0) is 0 Å². The van der Waals surface area contributed by atoms with Gasteiger partial charge < -0.3 is 5.32 Å². The van der Waals surface area contributed by atoms with Crippen LogP contribution in [0.15, 0.2) is 0 Å². The minimum absolute atomic E-state index is 0.728. The second-order valence-corrected chi connectivity index (χ2v) is 5.82. The number of rotatable bonds is 5. The van der Waals surface area contributed by atoms with Crippen LogP contribution in [0, 0.1) is 17.8 Å². The molecular weight excluding hydrogens is 182 g/mol. The molecule has 15 heavy (non-hydrogen) atoms. The number of hydrogen-bond acceptors (Lipinski definition) is 1. The first kappa shape index (κ1) is 13.0. The molecule has 0 radical (unpaired) electrons. The Kier molecular flexibility index (Phi) is 5.66. The summed E-state index contributed by atoms with van der Waals surface area (Å²) < 4.78 is 0. The minimum atomic E-state index is 0.728. The molecule has 1 rings (SSSR count). The summed E-state index contributed by atoms with van der Waals surface area (Å²) in [5, 5.41) is 3.73. The SMILES string of the molecule is CC(C)C(C)CNC(C)C1CCCCC1. The lowest BCUT2D eigenvalue weighted by Crippen LogP contribution is -2.38. The van der Waals surface area contributed by atoms with E-state index in [2.05, 4.69) is 33.0 Å². The van der Waals surface area contributed by atoms with E-state index in [4.69, 9.17) is 0 Å². The van der Waals surface area contributed by atoms with Crippen molar-refractivity contribution < 1.29 is 0 Å². The van der Waals surface area contributed by atoms with Gasteiger partial charge in [-0.05, 0) is 44.1 Å². The zero-order chi connectivity index (χ0) is 11.3. The fraction of sp³-hybridized carbons (Fsp3) is 1.00. The highest BCUT2D eigenvalue weighted by molar-refractivity contribution is 4.76. The molecule has 1 heteroatoms. The van der Waals surface area contributed by atoms with Crippen LogP contribution in [0.1, 0.15) is 59.8 Å². The molecule has 1 nitrogen and oxygen atoms in total. The van der Waals surface area contributed by atoms with Crippen LogP contribution in [-0.4, -0.2) is 12.6 Å². The van der Waals surface area contributed by atoms with E-state index in [0.717, 1.165) is 23.8 Å². The van der Waals surface area contributed by atoms with Crippen LogP contribution in [0.5, 0.6) is 0 Å². The average Bonchev–Trinajstić information content (AvgIpc) is 2.26. The lowest BCUT2D eigenvalue weighted by molar-refractivity contribution is 0.264. The molecule has 0 aromatic carbocycles. The molecule has 0 bridgehead atoms. The van der Waals surface area contributed by atoms with Crippen LogP contribution in [0.2, 0.25) is 0 Å². The van der Waals surface area contributed by atoms with Gasteiger partial charge in [0.05, 0.1) is 0 Å². The quantitative estimate of drug-likeness (QED) is 0.728. The maximum atomic E-state index is 3.73. The topological polar surface area (TPSA) is 12.0 Å². The molecule has 2 atom stereocenters. The Morgan fingerprint density at radius 1 is 1.00 bits per heavy atom. The van der Waals surface area contributed by atoms with Crippen LogP contribution in [0.4, 0.5) is 0 Å². The van der Waals surface area contributed by atoms with Crippen molar-refractivity contribution in [3.05, 3.63) is 0 Å². The lowest BCUT2D eigenvalue weighted by atomic mass is 9.84. The second kappa shape index (κ2) is 6.52. The van der Waals surface area contributed by atoms with E-state index in [9.17, 15) is 0 Å². The average molecular weight is 211 g/mol. The normalized spacial score (nSPS) is 23.0. The summed E-state index contributed by atoms with van der Waals surface area (Å²) in [7, 11) is 0. The molecule has 1 aliphatic rings. The molecule has 1 N–H and O–H groups in total. The molecule has 0 aliphatic heterocycles. The van der Waals surface area contributed by atoms with Crippen molar-refractivity contribution in [2.24, 2.45) is 17.8 Å². The molecule has 1 aliphatic carbocycles. The Morgan fingerprint density at radius 2 is 1.60 bits per heavy atom. The third kappa shape index (κ3) is 4.55. The Hall–Kier alpha value is -0.0400. The van der Waals surface area contributed by atoms with E-state index in [-0.39, 0.29) is 0 Å². The molecule has 2 unspecified atom stereocenters. The third-order valence-electron chi connectivity index (χ3n) is 4.26. The second-order valence-electron chi connectivity index (χ2n) is 5.82. The monoisotopic (exact) mass is 211 g/mol. The molecule has 0 aromatic rings. The Morgan fingerprint density at radius 3 is 2.13 bits per heavy atom. The van der Waals surface area contributed by atoms with Gasteiger partial charge in [-0.2, -0.15) is 0 Å². The maximum Gasteiger partial charge on any atom is 0.00671 e. The molecule has 0 amide bonds. The first-order chi connectivity index (χ1) is 7.11. The van der Waals surface area contributed by atoms with Crippen molar-refractivity contribution in [2.45, 2.75) is 65.8 Å². The van der Waals surface area contributed by atoms with Crippen LogP contribution in [0.3, 0.4) is 0 Å². The summed E-state index contributed by atoms with van der Waals surface area (Å²) in [6.07, 6.45) is 7.27. The predicted molar refractivity (Wildman–Crippen MR) is 68.0 cm³/mol. The molecule has 1 fully saturated rings. The highest BCUT2D eigenvalue weighted by Gasteiger charge is 2.20. The van der Waals surface area contributed by atoms with E-state index < -0.39 is 0 Å². The van der Waals surface area contributed by atoms with Gasteiger partial charge in [-0.1, -0.05) is 40.0 Å². The van der Waals surface area contributed by atoms with Gasteiger partial charge in [-0.15, -0.1) is 0 Å². The smallest absolute Gasteiger partial charge is 0.00671 e.